The SMILES string of the molecule is CCOCCN(CC)CCCCC(=N)N. The van der Waals surface area contributed by atoms with Crippen LogP contribution in [-0.4, -0.2) is 43.6 Å². The Morgan fingerprint density at radius 1 is 1.27 bits per heavy atom. The molecular weight excluding hydrogens is 190 g/mol. The molecule has 0 aromatic carbocycles. The molecule has 0 spiro atoms. The average molecular weight is 215 g/mol. The van der Waals surface area contributed by atoms with E-state index in [-0.39, 0.29) is 0 Å². The van der Waals surface area contributed by atoms with E-state index in [0.717, 1.165) is 52.1 Å². The lowest BCUT2D eigenvalue weighted by atomic mass is 10.2. The molecule has 0 aliphatic rings. The third kappa shape index (κ3) is 9.69. The van der Waals surface area contributed by atoms with Crippen LogP contribution in [0.15, 0.2) is 0 Å². The Balaban J connectivity index is 3.39. The van der Waals surface area contributed by atoms with E-state index in [1.54, 1.807) is 0 Å². The maximum atomic E-state index is 7.10. The molecule has 3 N–H and O–H groups in total. The smallest absolute Gasteiger partial charge is 0.0905 e. The van der Waals surface area contributed by atoms with Crippen LogP contribution < -0.4 is 5.73 Å². The molecule has 0 unspecified atom stereocenters. The number of nitrogens with zero attached hydrogens (tertiary/aromatic N) is 1. The van der Waals surface area contributed by atoms with Crippen LogP contribution in [0.2, 0.25) is 0 Å². The third-order valence-electron chi connectivity index (χ3n) is 2.37. The van der Waals surface area contributed by atoms with E-state index in [1.165, 1.54) is 0 Å². The van der Waals surface area contributed by atoms with E-state index in [1.807, 2.05) is 6.92 Å². The van der Waals surface area contributed by atoms with Crippen LogP contribution in [0.5, 0.6) is 0 Å². The first-order chi connectivity index (χ1) is 7.20. The summed E-state index contributed by atoms with van der Waals surface area (Å²) in [6, 6.07) is 0. The number of nitrogens with one attached hydrogen (secondary N) is 1. The van der Waals surface area contributed by atoms with Crippen molar-refractivity contribution in [2.45, 2.75) is 33.1 Å². The van der Waals surface area contributed by atoms with Crippen molar-refractivity contribution in [3.8, 4) is 0 Å². The van der Waals surface area contributed by atoms with Crippen LogP contribution in [-0.2, 0) is 4.74 Å². The van der Waals surface area contributed by atoms with Gasteiger partial charge in [0.25, 0.3) is 0 Å². The van der Waals surface area contributed by atoms with E-state index in [4.69, 9.17) is 15.9 Å². The Kier molecular flexibility index (Phi) is 9.52. The third-order valence-corrected chi connectivity index (χ3v) is 2.37. The van der Waals surface area contributed by atoms with Crippen molar-refractivity contribution in [1.29, 1.82) is 5.41 Å². The highest BCUT2D eigenvalue weighted by molar-refractivity contribution is 5.76. The van der Waals surface area contributed by atoms with Crippen molar-refractivity contribution in [2.24, 2.45) is 5.73 Å². The molecule has 0 heterocycles. The van der Waals surface area contributed by atoms with Crippen LogP contribution in [0.3, 0.4) is 0 Å². The first-order valence-corrected chi connectivity index (χ1v) is 5.83. The summed E-state index contributed by atoms with van der Waals surface area (Å²) in [6.07, 6.45) is 2.85. The zero-order valence-electron chi connectivity index (χ0n) is 10.1. The van der Waals surface area contributed by atoms with E-state index < -0.39 is 0 Å². The quantitative estimate of drug-likeness (QED) is 0.329. The fourth-order valence-electron chi connectivity index (χ4n) is 1.42. The monoisotopic (exact) mass is 215 g/mol. The summed E-state index contributed by atoms with van der Waals surface area (Å²) >= 11 is 0. The summed E-state index contributed by atoms with van der Waals surface area (Å²) in [6.45, 7) is 8.94. The lowest BCUT2D eigenvalue weighted by molar-refractivity contribution is 0.114. The fourth-order valence-corrected chi connectivity index (χ4v) is 1.42. The molecule has 0 fully saturated rings. The first-order valence-electron chi connectivity index (χ1n) is 5.83. The maximum absolute atomic E-state index is 7.10. The molecule has 4 heteroatoms. The number of nitrogens with two attached hydrogens (primary N) is 1. The van der Waals surface area contributed by atoms with Gasteiger partial charge in [-0.05, 0) is 32.9 Å². The zero-order valence-corrected chi connectivity index (χ0v) is 10.1. The summed E-state index contributed by atoms with van der Waals surface area (Å²) in [5.41, 5.74) is 5.29. The second kappa shape index (κ2) is 9.93. The van der Waals surface area contributed by atoms with Crippen molar-refractivity contribution in [3.05, 3.63) is 0 Å². The second-order valence-corrected chi connectivity index (χ2v) is 3.61. The minimum Gasteiger partial charge on any atom is -0.388 e. The molecule has 15 heavy (non-hydrogen) atoms. The maximum Gasteiger partial charge on any atom is 0.0905 e. The summed E-state index contributed by atoms with van der Waals surface area (Å²) in [4.78, 5) is 2.37. The fraction of sp³-hybridized carbons (Fsp3) is 0.909. The van der Waals surface area contributed by atoms with Gasteiger partial charge in [-0.15, -0.1) is 0 Å². The van der Waals surface area contributed by atoms with Gasteiger partial charge in [-0.25, -0.2) is 0 Å². The minimum absolute atomic E-state index is 0.298. The number of unbranched alkanes of at least 4 members (excludes halogenated alkanes) is 1. The first kappa shape index (κ1) is 14.4. The molecule has 0 saturated heterocycles. The van der Waals surface area contributed by atoms with Crippen LogP contribution in [0, 0.1) is 5.41 Å². The largest absolute Gasteiger partial charge is 0.388 e. The number of likely N-dealkylation sites (N-methyl/N-ethyl adjacent to an activating group) is 1. The number of rotatable bonds is 10. The van der Waals surface area contributed by atoms with Crippen LogP contribution >= 0.6 is 0 Å². The average Bonchev–Trinajstić information content (AvgIpc) is 2.21. The summed E-state index contributed by atoms with van der Waals surface area (Å²) in [5.74, 6) is 0.298. The molecule has 0 amide bonds. The number of ether oxygens (including phenoxy) is 1. The summed E-state index contributed by atoms with van der Waals surface area (Å²) < 4.78 is 5.31. The van der Waals surface area contributed by atoms with Gasteiger partial charge in [-0.2, -0.15) is 0 Å². The molecule has 0 radical (unpaired) electrons. The van der Waals surface area contributed by atoms with Gasteiger partial charge in [0.05, 0.1) is 12.4 Å². The molecule has 90 valence electrons. The Bertz CT molecular complexity index is 162. The van der Waals surface area contributed by atoms with Gasteiger partial charge in [-0.1, -0.05) is 6.92 Å². The lowest BCUT2D eigenvalue weighted by Crippen LogP contribution is -2.28. The highest BCUT2D eigenvalue weighted by Gasteiger charge is 2.01. The van der Waals surface area contributed by atoms with Crippen molar-refractivity contribution < 1.29 is 4.74 Å². The lowest BCUT2D eigenvalue weighted by Gasteiger charge is -2.19. The normalized spacial score (nSPS) is 10.9. The second-order valence-electron chi connectivity index (χ2n) is 3.61. The Morgan fingerprint density at radius 2 is 2.00 bits per heavy atom. The minimum atomic E-state index is 0.298. The summed E-state index contributed by atoms with van der Waals surface area (Å²) in [5, 5.41) is 7.10. The van der Waals surface area contributed by atoms with Crippen molar-refractivity contribution >= 4 is 5.84 Å². The van der Waals surface area contributed by atoms with Gasteiger partial charge in [0, 0.05) is 19.6 Å². The van der Waals surface area contributed by atoms with E-state index in [0.29, 0.717) is 5.84 Å². The molecule has 0 saturated carbocycles. The molecular formula is C11H25N3O. The Hall–Kier alpha value is -0.610. The van der Waals surface area contributed by atoms with Gasteiger partial charge in [0.2, 0.25) is 0 Å². The predicted molar refractivity (Wildman–Crippen MR) is 64.4 cm³/mol. The standard InChI is InChI=1S/C11H25N3O/c1-3-14(9-10-15-4-2)8-6-5-7-11(12)13/h3-10H2,1-2H3,(H3,12,13). The molecule has 0 aliphatic carbocycles. The highest BCUT2D eigenvalue weighted by Crippen LogP contribution is 1.98. The number of amidine groups is 1. The Morgan fingerprint density at radius 3 is 2.53 bits per heavy atom. The Labute approximate surface area is 93.3 Å². The molecule has 0 aromatic heterocycles. The zero-order chi connectivity index (χ0) is 11.5. The van der Waals surface area contributed by atoms with Gasteiger partial charge < -0.3 is 15.4 Å². The predicted octanol–water partition coefficient (Wildman–Crippen LogP) is 1.45. The number of hydrogen-bond donors (Lipinski definition) is 2. The highest BCUT2D eigenvalue weighted by atomic mass is 16.5. The summed E-state index contributed by atoms with van der Waals surface area (Å²) in [7, 11) is 0. The molecule has 0 atom stereocenters. The van der Waals surface area contributed by atoms with Gasteiger partial charge in [0.1, 0.15) is 0 Å². The van der Waals surface area contributed by atoms with Crippen LogP contribution in [0.1, 0.15) is 33.1 Å². The molecule has 0 aromatic rings. The molecule has 4 nitrogen and oxygen atoms in total. The van der Waals surface area contributed by atoms with Gasteiger partial charge in [0.15, 0.2) is 0 Å². The molecule has 0 bridgehead atoms. The van der Waals surface area contributed by atoms with E-state index in [9.17, 15) is 0 Å². The molecule has 0 aliphatic heterocycles. The van der Waals surface area contributed by atoms with Crippen LogP contribution in [0.4, 0.5) is 0 Å². The van der Waals surface area contributed by atoms with Crippen LogP contribution in [0.25, 0.3) is 0 Å². The van der Waals surface area contributed by atoms with Crippen molar-refractivity contribution in [2.75, 3.05) is 32.8 Å². The molecule has 0 rings (SSSR count). The topological polar surface area (TPSA) is 62.3 Å². The number of hydrogen-bond acceptors (Lipinski definition) is 3. The van der Waals surface area contributed by atoms with Crippen molar-refractivity contribution in [1.82, 2.24) is 4.90 Å². The van der Waals surface area contributed by atoms with E-state index in [2.05, 4.69) is 11.8 Å². The van der Waals surface area contributed by atoms with Gasteiger partial charge >= 0.3 is 0 Å². The van der Waals surface area contributed by atoms with Crippen molar-refractivity contribution in [3.63, 3.8) is 0 Å². The van der Waals surface area contributed by atoms with Gasteiger partial charge in [-0.3, -0.25) is 5.41 Å². The van der Waals surface area contributed by atoms with E-state index >= 15 is 0 Å².